The van der Waals surface area contributed by atoms with Gasteiger partial charge in [-0.25, -0.2) is 0 Å². The van der Waals surface area contributed by atoms with Crippen LogP contribution in [0.1, 0.15) is 0 Å². The van der Waals surface area contributed by atoms with E-state index in [-0.39, 0.29) is 151 Å². The van der Waals surface area contributed by atoms with Crippen molar-refractivity contribution in [2.75, 3.05) is 0 Å². The van der Waals surface area contributed by atoms with Crippen LogP contribution in [0, 0.1) is 0 Å². The van der Waals surface area contributed by atoms with Gasteiger partial charge in [0.25, 0.3) is 0 Å². The fourth-order valence-electron chi connectivity index (χ4n) is 0. The maximum absolute atomic E-state index is 0. The van der Waals surface area contributed by atoms with Crippen LogP contribution in [0.2, 0.25) is 0 Å². The van der Waals surface area contributed by atoms with E-state index in [4.69, 9.17) is 0 Å². The van der Waals surface area contributed by atoms with Crippen LogP contribution >= 0.6 is 0 Å². The van der Waals surface area contributed by atoms with Crippen LogP contribution in [-0.2, 0) is 0 Å². The van der Waals surface area contributed by atoms with Gasteiger partial charge in [-0.1, -0.05) is 0 Å². The predicted molar refractivity (Wildman–Crippen MR) is 34.2 cm³/mol. The molecule has 0 aliphatic rings. The summed E-state index contributed by atoms with van der Waals surface area (Å²) in [7, 11) is 0. The van der Waals surface area contributed by atoms with E-state index in [9.17, 15) is 0 Å². The Morgan fingerprint density at radius 2 is 0.250 bits per heavy atom. The molecule has 4 heteroatoms. The molecule has 0 spiro atoms. The molecule has 0 rings (SSSR count). The first-order valence-corrected chi connectivity index (χ1v) is 0. The molecule has 0 aromatic rings. The fraction of sp³-hybridized carbons (Fsp3) is 0. The number of rotatable bonds is 0. The first kappa shape index (κ1) is 23.0. The molecule has 0 N–H and O–H groups in total. The van der Waals surface area contributed by atoms with Crippen LogP contribution in [0.4, 0.5) is 0 Å². The molecular weight excluding hydrogens is 160 g/mol. The average molecular weight is 168 g/mol. The second-order valence-electron chi connectivity index (χ2n) is 0. The topological polar surface area (TPSA) is 0 Å². The van der Waals surface area contributed by atoms with Gasteiger partial charge in [-0.15, -0.1) is 0 Å². The average Bonchev–Trinajstić information content (AvgIpc) is 0. The van der Waals surface area contributed by atoms with Crippen LogP contribution in [0.5, 0.6) is 0 Å². The fourth-order valence-corrected chi connectivity index (χ4v) is 0. The van der Waals surface area contributed by atoms with Gasteiger partial charge in [0.15, 0.2) is 0 Å². The number of hydrogen-bond acceptors (Lipinski definition) is 0. The van der Waals surface area contributed by atoms with E-state index >= 15 is 0 Å². The predicted octanol–water partition coefficient (Wildman–Crippen LogP) is -3.66. The van der Waals surface area contributed by atoms with E-state index in [1.807, 2.05) is 0 Å². The Bertz CT molecular complexity index is 0. The zero-order valence-corrected chi connectivity index (χ0v) is 0. The van der Waals surface area contributed by atoms with Gasteiger partial charge in [0.2, 0.25) is 0 Å². The van der Waals surface area contributed by atoms with Gasteiger partial charge in [0.1, 0.15) is 0 Å². The molecular formula is H8Ca4. The van der Waals surface area contributed by atoms with E-state index in [1.54, 1.807) is 0 Å². The molecule has 0 bridgehead atoms. The minimum absolute atomic E-state index is 0. The zero-order valence-electron chi connectivity index (χ0n) is 0. The first-order chi connectivity index (χ1) is 0. The standard InChI is InChI=1S/4Ca.8H. The molecule has 0 radical (unpaired) electrons. The molecule has 0 aliphatic heterocycles. The van der Waals surface area contributed by atoms with Gasteiger partial charge in [-0.2, -0.15) is 0 Å². The van der Waals surface area contributed by atoms with Crippen molar-refractivity contribution in [1.29, 1.82) is 0 Å². The Hall–Kier alpha value is 5.04. The molecule has 4 heavy (non-hydrogen) atoms. The maximum atomic E-state index is 0. The third-order valence-electron chi connectivity index (χ3n) is 0. The molecule has 0 nitrogen and oxygen atoms in total. The van der Waals surface area contributed by atoms with Crippen LogP contribution < -0.4 is 0 Å². The number of hydrogen-bond donors (Lipinski definition) is 0. The second kappa shape index (κ2) is 15.7. The minimum atomic E-state index is 0. The summed E-state index contributed by atoms with van der Waals surface area (Å²) in [6.45, 7) is 0. The summed E-state index contributed by atoms with van der Waals surface area (Å²) in [5.74, 6) is 0. The van der Waals surface area contributed by atoms with Crippen molar-refractivity contribution in [3.63, 3.8) is 0 Å². The monoisotopic (exact) mass is 168 g/mol. The van der Waals surface area contributed by atoms with Gasteiger partial charge < -0.3 is 0 Å². The van der Waals surface area contributed by atoms with Gasteiger partial charge >= 0.3 is 151 Å². The van der Waals surface area contributed by atoms with Crippen molar-refractivity contribution >= 4 is 151 Å². The zero-order chi connectivity index (χ0) is 0. The Kier molecular flexibility index (Phi) is 90.2. The Labute approximate surface area is 146 Å². The van der Waals surface area contributed by atoms with Crippen molar-refractivity contribution < 1.29 is 0 Å². The van der Waals surface area contributed by atoms with Gasteiger partial charge in [0.05, 0.1) is 0 Å². The van der Waals surface area contributed by atoms with Crippen molar-refractivity contribution in [3.8, 4) is 0 Å². The molecule has 16 valence electrons. The van der Waals surface area contributed by atoms with Crippen LogP contribution in [0.15, 0.2) is 0 Å². The molecule has 0 amide bonds. The summed E-state index contributed by atoms with van der Waals surface area (Å²) in [6, 6.07) is 0. The van der Waals surface area contributed by atoms with E-state index in [0.29, 0.717) is 0 Å². The SMILES string of the molecule is [CaH2].[CaH2].[CaH2].[CaH2]. The van der Waals surface area contributed by atoms with Crippen LogP contribution in [-0.4, -0.2) is 151 Å². The first-order valence-electron chi connectivity index (χ1n) is 0. The molecule has 0 fully saturated rings. The Balaban J connectivity index is 0. The second-order valence-corrected chi connectivity index (χ2v) is 0. The van der Waals surface area contributed by atoms with Gasteiger partial charge in [-0.3, -0.25) is 0 Å². The molecule has 0 saturated heterocycles. The Morgan fingerprint density at radius 3 is 0.250 bits per heavy atom. The molecule has 0 unspecified atom stereocenters. The third-order valence-corrected chi connectivity index (χ3v) is 0. The molecule has 0 atom stereocenters. The van der Waals surface area contributed by atoms with Crippen molar-refractivity contribution in [2.45, 2.75) is 0 Å². The van der Waals surface area contributed by atoms with Gasteiger partial charge in [0, 0.05) is 0 Å². The molecule has 0 aromatic heterocycles. The summed E-state index contributed by atoms with van der Waals surface area (Å²) in [6.07, 6.45) is 0. The molecule has 0 aliphatic carbocycles. The van der Waals surface area contributed by atoms with Crippen molar-refractivity contribution in [3.05, 3.63) is 0 Å². The van der Waals surface area contributed by atoms with E-state index in [1.165, 1.54) is 0 Å². The summed E-state index contributed by atoms with van der Waals surface area (Å²) in [5, 5.41) is 0. The van der Waals surface area contributed by atoms with E-state index in [0.717, 1.165) is 0 Å². The van der Waals surface area contributed by atoms with Crippen LogP contribution in [0.25, 0.3) is 0 Å². The summed E-state index contributed by atoms with van der Waals surface area (Å²) < 4.78 is 0. The summed E-state index contributed by atoms with van der Waals surface area (Å²) in [4.78, 5) is 0. The van der Waals surface area contributed by atoms with E-state index in [2.05, 4.69) is 0 Å². The van der Waals surface area contributed by atoms with Crippen molar-refractivity contribution in [2.24, 2.45) is 0 Å². The summed E-state index contributed by atoms with van der Waals surface area (Å²) >= 11 is 0. The Morgan fingerprint density at radius 1 is 0.250 bits per heavy atom. The molecule has 0 heterocycles. The normalized spacial score (nSPS) is 0. The van der Waals surface area contributed by atoms with Crippen LogP contribution in [0.3, 0.4) is 0 Å². The quantitative estimate of drug-likeness (QED) is 0.327. The van der Waals surface area contributed by atoms with Crippen molar-refractivity contribution in [1.82, 2.24) is 0 Å². The van der Waals surface area contributed by atoms with E-state index < -0.39 is 0 Å². The molecule has 0 saturated carbocycles. The molecule has 0 aromatic carbocycles. The summed E-state index contributed by atoms with van der Waals surface area (Å²) in [5.41, 5.74) is 0. The third kappa shape index (κ3) is 10.1. The van der Waals surface area contributed by atoms with Gasteiger partial charge in [-0.05, 0) is 0 Å².